The zero-order chi connectivity index (χ0) is 13.5. The van der Waals surface area contributed by atoms with Gasteiger partial charge in [-0.3, -0.25) is 4.79 Å². The predicted molar refractivity (Wildman–Crippen MR) is 73.5 cm³/mol. The van der Waals surface area contributed by atoms with Crippen LogP contribution in [0.1, 0.15) is 43.5 Å². The number of nitrogens with zero attached hydrogens (tertiary/aromatic N) is 1. The van der Waals surface area contributed by atoms with Crippen molar-refractivity contribution in [3.63, 3.8) is 0 Å². The number of hydrazine groups is 1. The molecule has 1 rings (SSSR count). The van der Waals surface area contributed by atoms with Gasteiger partial charge in [-0.2, -0.15) is 0 Å². The lowest BCUT2D eigenvalue weighted by Gasteiger charge is -2.13. The number of carbonyl (C=O) groups excluding carboxylic acids is 1. The Balaban J connectivity index is 2.68. The number of unbranched alkanes of at least 4 members (excludes halogenated alkanes) is 1. The van der Waals surface area contributed by atoms with Gasteiger partial charge in [0.15, 0.2) is 0 Å². The molecule has 0 bridgehead atoms. The van der Waals surface area contributed by atoms with Crippen LogP contribution < -0.4 is 16.6 Å². The number of amides is 1. The van der Waals surface area contributed by atoms with E-state index in [1.807, 2.05) is 6.92 Å². The van der Waals surface area contributed by atoms with Gasteiger partial charge in [-0.1, -0.05) is 31.4 Å². The number of hydrogen-bond acceptors (Lipinski definition) is 4. The summed E-state index contributed by atoms with van der Waals surface area (Å²) in [5.74, 6) is 5.45. The van der Waals surface area contributed by atoms with E-state index < -0.39 is 0 Å². The van der Waals surface area contributed by atoms with Crippen molar-refractivity contribution in [1.29, 1.82) is 0 Å². The van der Waals surface area contributed by atoms with Gasteiger partial charge < -0.3 is 10.7 Å². The van der Waals surface area contributed by atoms with E-state index in [0.717, 1.165) is 19.3 Å². The third-order valence-corrected chi connectivity index (χ3v) is 2.77. The molecule has 1 heterocycles. The molecular weight excluding hydrogens is 252 g/mol. The minimum Gasteiger partial charge on any atom is -0.350 e. The second-order valence-electron chi connectivity index (χ2n) is 4.22. The van der Waals surface area contributed by atoms with Gasteiger partial charge in [0.2, 0.25) is 0 Å². The van der Waals surface area contributed by atoms with E-state index in [4.69, 9.17) is 17.4 Å². The zero-order valence-electron chi connectivity index (χ0n) is 10.7. The van der Waals surface area contributed by atoms with Crippen LogP contribution in [0.3, 0.4) is 0 Å². The molecule has 0 radical (unpaired) electrons. The van der Waals surface area contributed by atoms with E-state index >= 15 is 0 Å². The second-order valence-corrected chi connectivity index (χ2v) is 4.61. The molecule has 18 heavy (non-hydrogen) atoms. The van der Waals surface area contributed by atoms with Crippen LogP contribution >= 0.6 is 11.6 Å². The Hall–Kier alpha value is -1.33. The molecule has 0 aliphatic rings. The molecule has 6 heteroatoms. The summed E-state index contributed by atoms with van der Waals surface area (Å²) in [5, 5.41) is 3.15. The molecule has 0 saturated carbocycles. The SMILES string of the molecule is CCCCC(C)NC(=O)c1cc(Cl)nc(NN)c1. The molecule has 1 aromatic rings. The Labute approximate surface area is 112 Å². The van der Waals surface area contributed by atoms with Gasteiger partial charge in [0, 0.05) is 11.6 Å². The van der Waals surface area contributed by atoms with E-state index in [9.17, 15) is 4.79 Å². The molecule has 0 spiro atoms. The summed E-state index contributed by atoms with van der Waals surface area (Å²) in [6, 6.07) is 3.22. The van der Waals surface area contributed by atoms with Crippen molar-refractivity contribution in [2.45, 2.75) is 39.2 Å². The first-order valence-electron chi connectivity index (χ1n) is 6.02. The summed E-state index contributed by atoms with van der Waals surface area (Å²) in [6.45, 7) is 4.11. The number of hydrogen-bond donors (Lipinski definition) is 3. The van der Waals surface area contributed by atoms with Crippen molar-refractivity contribution in [1.82, 2.24) is 10.3 Å². The van der Waals surface area contributed by atoms with Gasteiger partial charge in [-0.15, -0.1) is 0 Å². The van der Waals surface area contributed by atoms with Crippen LogP contribution in [0.15, 0.2) is 12.1 Å². The average Bonchev–Trinajstić information content (AvgIpc) is 2.35. The molecule has 0 saturated heterocycles. The summed E-state index contributed by atoms with van der Waals surface area (Å²) in [5.41, 5.74) is 2.83. The van der Waals surface area contributed by atoms with Gasteiger partial charge in [0.25, 0.3) is 5.91 Å². The molecule has 0 fully saturated rings. The molecule has 1 unspecified atom stereocenters. The zero-order valence-corrected chi connectivity index (χ0v) is 11.4. The smallest absolute Gasteiger partial charge is 0.251 e. The van der Waals surface area contributed by atoms with Gasteiger partial charge in [-0.05, 0) is 25.5 Å². The van der Waals surface area contributed by atoms with E-state index in [1.54, 1.807) is 6.07 Å². The van der Waals surface area contributed by atoms with Gasteiger partial charge in [0.1, 0.15) is 11.0 Å². The highest BCUT2D eigenvalue weighted by atomic mass is 35.5. The molecule has 100 valence electrons. The van der Waals surface area contributed by atoms with Crippen LogP contribution in [-0.2, 0) is 0 Å². The Morgan fingerprint density at radius 2 is 2.28 bits per heavy atom. The summed E-state index contributed by atoms with van der Waals surface area (Å²) in [7, 11) is 0. The molecule has 0 aliphatic carbocycles. The van der Waals surface area contributed by atoms with Crippen LogP contribution in [0.4, 0.5) is 5.82 Å². The van der Waals surface area contributed by atoms with E-state index in [0.29, 0.717) is 11.4 Å². The number of anilines is 1. The molecule has 0 aliphatic heterocycles. The Morgan fingerprint density at radius 1 is 1.56 bits per heavy atom. The maximum Gasteiger partial charge on any atom is 0.251 e. The fourth-order valence-corrected chi connectivity index (χ4v) is 1.80. The Kier molecular flexibility index (Phi) is 5.88. The van der Waals surface area contributed by atoms with Crippen LogP contribution in [0, 0.1) is 0 Å². The summed E-state index contributed by atoms with van der Waals surface area (Å²) in [4.78, 5) is 15.9. The third kappa shape index (κ3) is 4.50. The lowest BCUT2D eigenvalue weighted by molar-refractivity contribution is 0.0938. The van der Waals surface area contributed by atoms with E-state index in [-0.39, 0.29) is 17.1 Å². The van der Waals surface area contributed by atoms with E-state index in [1.165, 1.54) is 6.07 Å². The number of rotatable bonds is 6. The summed E-state index contributed by atoms with van der Waals surface area (Å²) < 4.78 is 0. The van der Waals surface area contributed by atoms with Crippen molar-refractivity contribution < 1.29 is 4.79 Å². The Bertz CT molecular complexity index is 411. The number of nitrogens with one attached hydrogen (secondary N) is 2. The highest BCUT2D eigenvalue weighted by Crippen LogP contribution is 2.14. The lowest BCUT2D eigenvalue weighted by atomic mass is 10.1. The van der Waals surface area contributed by atoms with Crippen LogP contribution in [0.25, 0.3) is 0 Å². The van der Waals surface area contributed by atoms with Gasteiger partial charge in [0.05, 0.1) is 0 Å². The monoisotopic (exact) mass is 270 g/mol. The minimum atomic E-state index is -0.167. The largest absolute Gasteiger partial charge is 0.350 e. The minimum absolute atomic E-state index is 0.138. The van der Waals surface area contributed by atoms with Crippen LogP contribution in [0.5, 0.6) is 0 Å². The third-order valence-electron chi connectivity index (χ3n) is 2.57. The Morgan fingerprint density at radius 3 is 2.89 bits per heavy atom. The molecule has 1 aromatic heterocycles. The van der Waals surface area contributed by atoms with Crippen molar-refractivity contribution in [2.75, 3.05) is 5.43 Å². The number of nitrogen functional groups attached to an aromatic ring is 1. The van der Waals surface area contributed by atoms with Gasteiger partial charge in [-0.25, -0.2) is 10.8 Å². The van der Waals surface area contributed by atoms with Crippen LogP contribution in [0.2, 0.25) is 5.15 Å². The lowest BCUT2D eigenvalue weighted by Crippen LogP contribution is -2.32. The quantitative estimate of drug-likeness (QED) is 0.421. The molecule has 4 N–H and O–H groups in total. The second kappa shape index (κ2) is 7.18. The first kappa shape index (κ1) is 14.7. The van der Waals surface area contributed by atoms with Crippen LogP contribution in [-0.4, -0.2) is 16.9 Å². The van der Waals surface area contributed by atoms with Crippen molar-refractivity contribution in [2.24, 2.45) is 5.84 Å². The van der Waals surface area contributed by atoms with E-state index in [2.05, 4.69) is 22.7 Å². The summed E-state index contributed by atoms with van der Waals surface area (Å²) in [6.07, 6.45) is 3.17. The number of aromatic nitrogens is 1. The molecular formula is C12H19ClN4O. The van der Waals surface area contributed by atoms with Gasteiger partial charge >= 0.3 is 0 Å². The van der Waals surface area contributed by atoms with Crippen molar-refractivity contribution in [3.05, 3.63) is 22.8 Å². The fourth-order valence-electron chi connectivity index (χ4n) is 1.59. The first-order valence-corrected chi connectivity index (χ1v) is 6.39. The number of nitrogens with two attached hydrogens (primary N) is 1. The molecule has 1 atom stereocenters. The first-order chi connectivity index (χ1) is 8.56. The number of halogens is 1. The average molecular weight is 271 g/mol. The normalized spacial score (nSPS) is 12.0. The maximum atomic E-state index is 12.0. The fraction of sp³-hybridized carbons (Fsp3) is 0.500. The van der Waals surface area contributed by atoms with Crippen molar-refractivity contribution in [3.8, 4) is 0 Å². The highest BCUT2D eigenvalue weighted by Gasteiger charge is 2.11. The number of pyridine rings is 1. The maximum absolute atomic E-state index is 12.0. The summed E-state index contributed by atoms with van der Waals surface area (Å²) >= 11 is 5.81. The standard InChI is InChI=1S/C12H19ClN4O/c1-3-4-5-8(2)15-12(18)9-6-10(13)16-11(7-9)17-14/h6-8H,3-5,14H2,1-2H3,(H,15,18)(H,16,17). The highest BCUT2D eigenvalue weighted by molar-refractivity contribution is 6.29. The predicted octanol–water partition coefficient (Wildman–Crippen LogP) is 2.33. The topological polar surface area (TPSA) is 80.0 Å². The molecule has 0 aromatic carbocycles. The molecule has 1 amide bonds. The number of carbonyl (C=O) groups is 1. The van der Waals surface area contributed by atoms with Crippen molar-refractivity contribution >= 4 is 23.3 Å². The molecule has 5 nitrogen and oxygen atoms in total.